The highest BCUT2D eigenvalue weighted by Gasteiger charge is 2.25. The standard InChI is InChI=1S/C14H19N5/c1-18(12-2-3-12)6-7-19-10-16-9-13(19)11-4-5-17-14(15)8-11/h4-5,8-10,12H,2-3,6-7H2,1H3,(H2,15,17). The number of likely N-dealkylation sites (N-methyl/N-ethyl adjacent to an activating group) is 1. The summed E-state index contributed by atoms with van der Waals surface area (Å²) in [5.41, 5.74) is 7.90. The molecule has 0 spiro atoms. The molecule has 3 rings (SSSR count). The second-order valence-electron chi connectivity index (χ2n) is 5.15. The van der Waals surface area contributed by atoms with E-state index in [2.05, 4.69) is 26.5 Å². The van der Waals surface area contributed by atoms with Gasteiger partial charge >= 0.3 is 0 Å². The molecule has 0 radical (unpaired) electrons. The van der Waals surface area contributed by atoms with Gasteiger partial charge in [0.05, 0.1) is 18.2 Å². The normalized spacial score (nSPS) is 15.1. The van der Waals surface area contributed by atoms with Crippen LogP contribution in [-0.2, 0) is 6.54 Å². The maximum atomic E-state index is 5.74. The minimum Gasteiger partial charge on any atom is -0.384 e. The van der Waals surface area contributed by atoms with Gasteiger partial charge in [-0.25, -0.2) is 9.97 Å². The van der Waals surface area contributed by atoms with Gasteiger partial charge in [0.15, 0.2) is 0 Å². The zero-order valence-corrected chi connectivity index (χ0v) is 11.2. The second kappa shape index (κ2) is 5.01. The number of nitrogens with two attached hydrogens (primary N) is 1. The van der Waals surface area contributed by atoms with Crippen molar-refractivity contribution in [1.82, 2.24) is 19.4 Å². The first kappa shape index (κ1) is 12.2. The Hall–Kier alpha value is -1.88. The zero-order valence-electron chi connectivity index (χ0n) is 11.2. The SMILES string of the molecule is CN(CCn1cncc1-c1ccnc(N)c1)C1CC1. The molecule has 2 aromatic rings. The maximum Gasteiger partial charge on any atom is 0.123 e. The van der Waals surface area contributed by atoms with E-state index in [-0.39, 0.29) is 0 Å². The predicted molar refractivity (Wildman–Crippen MR) is 75.5 cm³/mol. The highest BCUT2D eigenvalue weighted by atomic mass is 15.2. The summed E-state index contributed by atoms with van der Waals surface area (Å²) in [7, 11) is 2.19. The molecule has 2 N–H and O–H groups in total. The number of hydrogen-bond acceptors (Lipinski definition) is 4. The molecule has 2 aromatic heterocycles. The lowest BCUT2D eigenvalue weighted by molar-refractivity contribution is 0.309. The number of aromatic nitrogens is 3. The molecule has 100 valence electrons. The molecule has 1 aliphatic rings. The monoisotopic (exact) mass is 257 g/mol. The number of rotatable bonds is 5. The highest BCUT2D eigenvalue weighted by Crippen LogP contribution is 2.25. The van der Waals surface area contributed by atoms with Gasteiger partial charge in [0.1, 0.15) is 5.82 Å². The first-order valence-corrected chi connectivity index (χ1v) is 6.66. The Balaban J connectivity index is 1.74. The third-order valence-corrected chi connectivity index (χ3v) is 3.65. The van der Waals surface area contributed by atoms with Gasteiger partial charge in [-0.1, -0.05) is 0 Å². The number of hydrogen-bond donors (Lipinski definition) is 1. The minimum absolute atomic E-state index is 0.542. The van der Waals surface area contributed by atoms with Gasteiger partial charge in [-0.05, 0) is 32.0 Å². The molecular weight excluding hydrogens is 238 g/mol. The van der Waals surface area contributed by atoms with Crippen LogP contribution < -0.4 is 5.73 Å². The van der Waals surface area contributed by atoms with Crippen molar-refractivity contribution in [3.63, 3.8) is 0 Å². The molecule has 1 saturated carbocycles. The third-order valence-electron chi connectivity index (χ3n) is 3.65. The molecule has 1 fully saturated rings. The third kappa shape index (κ3) is 2.76. The number of nitrogens with zero attached hydrogens (tertiary/aromatic N) is 4. The Morgan fingerprint density at radius 3 is 3.05 bits per heavy atom. The Bertz CT molecular complexity index is 558. The zero-order chi connectivity index (χ0) is 13.2. The van der Waals surface area contributed by atoms with E-state index >= 15 is 0 Å². The molecule has 0 amide bonds. The largest absolute Gasteiger partial charge is 0.384 e. The summed E-state index contributed by atoms with van der Waals surface area (Å²) < 4.78 is 2.17. The van der Waals surface area contributed by atoms with Crippen molar-refractivity contribution in [3.05, 3.63) is 30.9 Å². The first-order chi connectivity index (χ1) is 9.24. The van der Waals surface area contributed by atoms with Crippen LogP contribution in [0.1, 0.15) is 12.8 Å². The molecule has 0 bridgehead atoms. The van der Waals surface area contributed by atoms with Gasteiger partial charge in [0.2, 0.25) is 0 Å². The summed E-state index contributed by atoms with van der Waals surface area (Å²) >= 11 is 0. The van der Waals surface area contributed by atoms with Crippen LogP contribution in [0.2, 0.25) is 0 Å². The fourth-order valence-corrected chi connectivity index (χ4v) is 2.31. The van der Waals surface area contributed by atoms with Crippen LogP contribution in [-0.4, -0.2) is 39.1 Å². The van der Waals surface area contributed by atoms with Gasteiger partial charge in [-0.2, -0.15) is 0 Å². The van der Waals surface area contributed by atoms with Crippen molar-refractivity contribution in [1.29, 1.82) is 0 Å². The molecule has 0 saturated heterocycles. The number of pyridine rings is 1. The van der Waals surface area contributed by atoms with Crippen LogP contribution in [0.25, 0.3) is 11.3 Å². The summed E-state index contributed by atoms with van der Waals surface area (Å²) in [4.78, 5) is 10.7. The van der Waals surface area contributed by atoms with Gasteiger partial charge in [0, 0.05) is 30.9 Å². The smallest absolute Gasteiger partial charge is 0.123 e. The van der Waals surface area contributed by atoms with Gasteiger partial charge in [0.25, 0.3) is 0 Å². The van der Waals surface area contributed by atoms with E-state index in [1.54, 1.807) is 6.20 Å². The lowest BCUT2D eigenvalue weighted by Crippen LogP contribution is -2.25. The number of imidazole rings is 1. The van der Waals surface area contributed by atoms with E-state index in [0.717, 1.165) is 30.4 Å². The van der Waals surface area contributed by atoms with E-state index in [1.807, 2.05) is 24.7 Å². The molecule has 1 aliphatic carbocycles. The van der Waals surface area contributed by atoms with Crippen LogP contribution >= 0.6 is 0 Å². The van der Waals surface area contributed by atoms with Crippen molar-refractivity contribution >= 4 is 5.82 Å². The van der Waals surface area contributed by atoms with Crippen LogP contribution in [0.4, 0.5) is 5.82 Å². The van der Waals surface area contributed by atoms with E-state index in [4.69, 9.17) is 5.73 Å². The van der Waals surface area contributed by atoms with Gasteiger partial charge in [-0.15, -0.1) is 0 Å². The molecular formula is C14H19N5. The summed E-state index contributed by atoms with van der Waals surface area (Å²) in [5.74, 6) is 0.542. The number of anilines is 1. The summed E-state index contributed by atoms with van der Waals surface area (Å²) in [6.45, 7) is 2.00. The maximum absolute atomic E-state index is 5.74. The van der Waals surface area contributed by atoms with Crippen molar-refractivity contribution in [2.45, 2.75) is 25.4 Å². The predicted octanol–water partition coefficient (Wildman–Crippen LogP) is 1.62. The Morgan fingerprint density at radius 2 is 2.32 bits per heavy atom. The van der Waals surface area contributed by atoms with Gasteiger partial charge in [-0.3, -0.25) is 0 Å². The Labute approximate surface area is 113 Å². The van der Waals surface area contributed by atoms with Crippen LogP contribution in [0.3, 0.4) is 0 Å². The average Bonchev–Trinajstić information content (AvgIpc) is 3.15. The van der Waals surface area contributed by atoms with Crippen molar-refractivity contribution in [2.75, 3.05) is 19.3 Å². The lowest BCUT2D eigenvalue weighted by atomic mass is 10.2. The average molecular weight is 257 g/mol. The van der Waals surface area contributed by atoms with Crippen LogP contribution in [0.5, 0.6) is 0 Å². The van der Waals surface area contributed by atoms with E-state index in [1.165, 1.54) is 12.8 Å². The van der Waals surface area contributed by atoms with Gasteiger partial charge < -0.3 is 15.2 Å². The molecule has 5 nitrogen and oxygen atoms in total. The van der Waals surface area contributed by atoms with Crippen molar-refractivity contribution < 1.29 is 0 Å². The van der Waals surface area contributed by atoms with E-state index in [9.17, 15) is 0 Å². The molecule has 0 aliphatic heterocycles. The van der Waals surface area contributed by atoms with E-state index < -0.39 is 0 Å². The molecule has 0 aromatic carbocycles. The summed E-state index contributed by atoms with van der Waals surface area (Å²) in [6.07, 6.45) is 8.18. The molecule has 0 atom stereocenters. The molecule has 2 heterocycles. The lowest BCUT2D eigenvalue weighted by Gasteiger charge is -2.17. The Kier molecular flexibility index (Phi) is 3.21. The first-order valence-electron chi connectivity index (χ1n) is 6.66. The quantitative estimate of drug-likeness (QED) is 0.884. The minimum atomic E-state index is 0.542. The highest BCUT2D eigenvalue weighted by molar-refractivity contribution is 5.61. The van der Waals surface area contributed by atoms with Crippen molar-refractivity contribution in [3.8, 4) is 11.3 Å². The van der Waals surface area contributed by atoms with Crippen LogP contribution in [0.15, 0.2) is 30.9 Å². The fourth-order valence-electron chi connectivity index (χ4n) is 2.31. The molecule has 0 unspecified atom stereocenters. The second-order valence-corrected chi connectivity index (χ2v) is 5.15. The molecule has 5 heteroatoms. The topological polar surface area (TPSA) is 60.0 Å². The van der Waals surface area contributed by atoms with Crippen LogP contribution in [0, 0.1) is 0 Å². The Morgan fingerprint density at radius 1 is 1.47 bits per heavy atom. The molecule has 19 heavy (non-hydrogen) atoms. The number of nitrogen functional groups attached to an aromatic ring is 1. The summed E-state index contributed by atoms with van der Waals surface area (Å²) in [6, 6.07) is 4.65. The van der Waals surface area contributed by atoms with Crippen molar-refractivity contribution in [2.24, 2.45) is 0 Å². The van der Waals surface area contributed by atoms with E-state index in [0.29, 0.717) is 5.82 Å². The summed E-state index contributed by atoms with van der Waals surface area (Å²) in [5, 5.41) is 0. The fraction of sp³-hybridized carbons (Fsp3) is 0.429.